The van der Waals surface area contributed by atoms with Crippen LogP contribution in [0, 0.1) is 0 Å². The molecule has 2 aromatic rings. The van der Waals surface area contributed by atoms with Crippen LogP contribution in [0.25, 0.3) is 0 Å². The molecule has 3 rings (SSSR count). The molecule has 166 valence electrons. The lowest BCUT2D eigenvalue weighted by atomic mass is 9.90. The third-order valence-corrected chi connectivity index (χ3v) is 6.36. The summed E-state index contributed by atoms with van der Waals surface area (Å²) in [6.07, 6.45) is 0.0799. The maximum Gasteiger partial charge on any atom is 0.417 e. The van der Waals surface area contributed by atoms with E-state index in [1.807, 2.05) is 30.3 Å². The number of alkyl halides is 3. The van der Waals surface area contributed by atoms with Crippen molar-refractivity contribution < 1.29 is 18.0 Å². The first kappa shape index (κ1) is 23.8. The Bertz CT molecular complexity index is 951. The molecular weight excluding hydrogens is 493 g/mol. The zero-order valence-corrected chi connectivity index (χ0v) is 19.1. The van der Waals surface area contributed by atoms with Gasteiger partial charge in [-0.1, -0.05) is 58.2 Å². The van der Waals surface area contributed by atoms with Crippen LogP contribution in [-0.4, -0.2) is 29.9 Å². The summed E-state index contributed by atoms with van der Waals surface area (Å²) in [6.45, 7) is 5.35. The van der Waals surface area contributed by atoms with Crippen molar-refractivity contribution in [1.29, 1.82) is 0 Å². The van der Waals surface area contributed by atoms with Gasteiger partial charge in [-0.25, -0.2) is 0 Å². The fraction of sp³-hybridized carbons (Fsp3) is 0.348. The van der Waals surface area contributed by atoms with Gasteiger partial charge in [0.15, 0.2) is 0 Å². The Morgan fingerprint density at radius 1 is 1.29 bits per heavy atom. The summed E-state index contributed by atoms with van der Waals surface area (Å²) < 4.78 is 40.6. The summed E-state index contributed by atoms with van der Waals surface area (Å²) in [5.41, 5.74) is -0.346. The van der Waals surface area contributed by atoms with E-state index >= 15 is 0 Å². The fourth-order valence-corrected chi connectivity index (χ4v) is 4.77. The molecule has 3 nitrogen and oxygen atoms in total. The van der Waals surface area contributed by atoms with Crippen LogP contribution >= 0.6 is 27.5 Å². The number of halogens is 5. The molecular formula is C23H23BrClF3N2O. The molecule has 1 fully saturated rings. The SMILES string of the molecule is C=CCN1CCCC[C@H]1[C@@H](NC(=O)c1cccc(C(F)(F)F)c1Cl)c1cccc(Br)c1. The first-order valence-electron chi connectivity index (χ1n) is 9.99. The third-order valence-electron chi connectivity index (χ3n) is 5.46. The van der Waals surface area contributed by atoms with Gasteiger partial charge in [0.2, 0.25) is 0 Å². The molecule has 0 radical (unpaired) electrons. The topological polar surface area (TPSA) is 32.3 Å². The van der Waals surface area contributed by atoms with Gasteiger partial charge in [0.25, 0.3) is 5.91 Å². The van der Waals surface area contributed by atoms with Gasteiger partial charge in [-0.15, -0.1) is 6.58 Å². The summed E-state index contributed by atoms with van der Waals surface area (Å²) in [4.78, 5) is 15.4. The lowest BCUT2D eigenvalue weighted by Gasteiger charge is -2.40. The maximum atomic E-state index is 13.3. The molecule has 0 bridgehead atoms. The summed E-state index contributed by atoms with van der Waals surface area (Å²) in [5, 5.41) is 2.38. The molecule has 2 aromatic carbocycles. The van der Waals surface area contributed by atoms with Crippen LogP contribution in [0.15, 0.2) is 59.6 Å². The lowest BCUT2D eigenvalue weighted by Crippen LogP contribution is -2.48. The minimum absolute atomic E-state index is 0.0189. The number of rotatable bonds is 6. The molecule has 0 spiro atoms. The van der Waals surface area contributed by atoms with Gasteiger partial charge in [0.1, 0.15) is 0 Å². The van der Waals surface area contributed by atoms with E-state index in [-0.39, 0.29) is 11.6 Å². The van der Waals surface area contributed by atoms with Crippen molar-refractivity contribution in [3.8, 4) is 0 Å². The highest BCUT2D eigenvalue weighted by Crippen LogP contribution is 2.37. The van der Waals surface area contributed by atoms with Crippen molar-refractivity contribution in [2.24, 2.45) is 0 Å². The Hall–Kier alpha value is -1.83. The van der Waals surface area contributed by atoms with Gasteiger partial charge in [-0.2, -0.15) is 13.2 Å². The van der Waals surface area contributed by atoms with Crippen LogP contribution < -0.4 is 5.32 Å². The van der Waals surface area contributed by atoms with Crippen LogP contribution in [-0.2, 0) is 6.18 Å². The Balaban J connectivity index is 1.97. The zero-order chi connectivity index (χ0) is 22.6. The Morgan fingerprint density at radius 3 is 2.71 bits per heavy atom. The van der Waals surface area contributed by atoms with E-state index in [0.29, 0.717) is 6.54 Å². The summed E-state index contributed by atoms with van der Waals surface area (Å²) in [6, 6.07) is 10.5. The Labute approximate surface area is 193 Å². The quantitative estimate of drug-likeness (QED) is 0.438. The predicted octanol–water partition coefficient (Wildman–Crippen LogP) is 6.63. The van der Waals surface area contributed by atoms with Crippen LogP contribution in [0.1, 0.15) is 46.8 Å². The van der Waals surface area contributed by atoms with Crippen LogP contribution in [0.2, 0.25) is 5.02 Å². The van der Waals surface area contributed by atoms with Crippen molar-refractivity contribution in [1.82, 2.24) is 10.2 Å². The van der Waals surface area contributed by atoms with E-state index in [9.17, 15) is 18.0 Å². The van der Waals surface area contributed by atoms with E-state index in [0.717, 1.165) is 41.9 Å². The summed E-state index contributed by atoms with van der Waals surface area (Å²) in [5.74, 6) is -0.634. The van der Waals surface area contributed by atoms with Crippen molar-refractivity contribution in [3.63, 3.8) is 0 Å². The maximum absolute atomic E-state index is 13.3. The summed E-state index contributed by atoms with van der Waals surface area (Å²) in [7, 11) is 0. The number of carbonyl (C=O) groups excluding carboxylic acids is 1. The van der Waals surface area contributed by atoms with Crippen LogP contribution in [0.4, 0.5) is 13.2 Å². The molecule has 2 atom stereocenters. The van der Waals surface area contributed by atoms with Crippen molar-refractivity contribution >= 4 is 33.4 Å². The number of hydrogen-bond acceptors (Lipinski definition) is 2. The first-order chi connectivity index (χ1) is 14.7. The largest absolute Gasteiger partial charge is 0.417 e. The summed E-state index contributed by atoms with van der Waals surface area (Å²) >= 11 is 9.46. The number of nitrogens with one attached hydrogen (secondary N) is 1. The van der Waals surface area contributed by atoms with Gasteiger partial charge in [-0.05, 0) is 49.2 Å². The molecule has 1 aliphatic heterocycles. The van der Waals surface area contributed by atoms with Gasteiger partial charge in [-0.3, -0.25) is 9.69 Å². The number of benzene rings is 2. The number of hydrogen-bond donors (Lipinski definition) is 1. The molecule has 31 heavy (non-hydrogen) atoms. The second kappa shape index (κ2) is 10.2. The van der Waals surface area contributed by atoms with Crippen molar-refractivity contribution in [2.45, 2.75) is 37.5 Å². The molecule has 0 saturated carbocycles. The van der Waals surface area contributed by atoms with Gasteiger partial charge < -0.3 is 5.32 Å². The normalized spacial score (nSPS) is 18.4. The number of piperidine rings is 1. The van der Waals surface area contributed by atoms with Gasteiger partial charge >= 0.3 is 6.18 Å². The molecule has 0 aromatic heterocycles. The predicted molar refractivity (Wildman–Crippen MR) is 120 cm³/mol. The minimum Gasteiger partial charge on any atom is -0.344 e. The second-order valence-corrected chi connectivity index (χ2v) is 8.81. The van der Waals surface area contributed by atoms with E-state index in [2.05, 4.69) is 32.7 Å². The molecule has 1 saturated heterocycles. The van der Waals surface area contributed by atoms with Gasteiger partial charge in [0, 0.05) is 17.1 Å². The number of likely N-dealkylation sites (tertiary alicyclic amines) is 1. The fourth-order valence-electron chi connectivity index (χ4n) is 4.03. The third kappa shape index (κ3) is 5.70. The number of nitrogens with zero attached hydrogens (tertiary/aromatic N) is 1. The number of amides is 1. The highest BCUT2D eigenvalue weighted by Gasteiger charge is 2.36. The van der Waals surface area contributed by atoms with Crippen LogP contribution in [0.3, 0.4) is 0 Å². The van der Waals surface area contributed by atoms with Crippen molar-refractivity contribution in [2.75, 3.05) is 13.1 Å². The number of carbonyl (C=O) groups is 1. The molecule has 1 aliphatic rings. The zero-order valence-electron chi connectivity index (χ0n) is 16.8. The van der Waals surface area contributed by atoms with Crippen molar-refractivity contribution in [3.05, 3.63) is 81.3 Å². The van der Waals surface area contributed by atoms with Gasteiger partial charge in [0.05, 0.1) is 22.2 Å². The smallest absolute Gasteiger partial charge is 0.344 e. The molecule has 0 aliphatic carbocycles. The minimum atomic E-state index is -4.64. The van der Waals surface area contributed by atoms with E-state index in [1.54, 1.807) is 0 Å². The highest BCUT2D eigenvalue weighted by molar-refractivity contribution is 9.10. The van der Waals surface area contributed by atoms with E-state index in [4.69, 9.17) is 11.6 Å². The molecule has 1 amide bonds. The highest BCUT2D eigenvalue weighted by atomic mass is 79.9. The average molecular weight is 516 g/mol. The van der Waals surface area contributed by atoms with E-state index in [1.165, 1.54) is 12.1 Å². The van der Waals surface area contributed by atoms with Crippen LogP contribution in [0.5, 0.6) is 0 Å². The Morgan fingerprint density at radius 2 is 2.03 bits per heavy atom. The second-order valence-electron chi connectivity index (χ2n) is 7.52. The lowest BCUT2D eigenvalue weighted by molar-refractivity contribution is -0.137. The van der Waals surface area contributed by atoms with E-state index < -0.39 is 28.7 Å². The standard InChI is InChI=1S/C23H23BrClF3N2O/c1-2-12-30-13-4-3-11-19(30)21(15-7-5-8-16(24)14-15)29-22(31)17-9-6-10-18(20(17)25)23(26,27)28/h2,5-10,14,19,21H,1,3-4,11-13H2,(H,29,31)/t19-,21-/m0/s1. The molecule has 1 heterocycles. The first-order valence-corrected chi connectivity index (χ1v) is 11.2. The molecule has 1 N–H and O–H groups in total. The monoisotopic (exact) mass is 514 g/mol. The molecule has 8 heteroatoms. The average Bonchev–Trinajstić information content (AvgIpc) is 2.72. The molecule has 0 unspecified atom stereocenters. The Kier molecular flexibility index (Phi) is 7.83.